The highest BCUT2D eigenvalue weighted by Crippen LogP contribution is 2.32. The lowest BCUT2D eigenvalue weighted by Crippen LogP contribution is -2.47. The van der Waals surface area contributed by atoms with Gasteiger partial charge in [-0.15, -0.1) is 11.3 Å². The van der Waals surface area contributed by atoms with Crippen molar-refractivity contribution in [3.63, 3.8) is 0 Å². The number of thiophene rings is 1. The van der Waals surface area contributed by atoms with Crippen LogP contribution in [0.1, 0.15) is 9.67 Å². The number of carbonyl (C=O) groups excluding carboxylic acids is 1. The summed E-state index contributed by atoms with van der Waals surface area (Å²) in [4.78, 5) is 13.7. The molecule has 1 saturated heterocycles. The Balaban J connectivity index is 2.37. The first kappa shape index (κ1) is 15.7. The quantitative estimate of drug-likeness (QED) is 0.773. The smallest absolute Gasteiger partial charge is 0.349 e. The van der Waals surface area contributed by atoms with Crippen LogP contribution in [0, 0.1) is 0 Å². The number of halogens is 1. The van der Waals surface area contributed by atoms with E-state index >= 15 is 0 Å². The van der Waals surface area contributed by atoms with Gasteiger partial charge in [-0.05, 0) is 13.1 Å². The second kappa shape index (κ2) is 5.98. The van der Waals surface area contributed by atoms with Gasteiger partial charge in [-0.25, -0.2) is 13.2 Å². The van der Waals surface area contributed by atoms with Crippen LogP contribution in [0.3, 0.4) is 0 Å². The van der Waals surface area contributed by atoms with E-state index in [1.165, 1.54) is 17.5 Å². The minimum Gasteiger partial charge on any atom is -0.465 e. The molecule has 0 spiro atoms. The zero-order valence-electron chi connectivity index (χ0n) is 11.1. The van der Waals surface area contributed by atoms with Gasteiger partial charge in [0, 0.05) is 26.2 Å². The normalized spacial score (nSPS) is 18.1. The Kier molecular flexibility index (Phi) is 4.70. The van der Waals surface area contributed by atoms with Gasteiger partial charge in [0.05, 0.1) is 11.4 Å². The lowest BCUT2D eigenvalue weighted by molar-refractivity contribution is 0.0602. The monoisotopic (exact) mass is 338 g/mol. The molecule has 0 unspecified atom stereocenters. The van der Waals surface area contributed by atoms with E-state index in [4.69, 9.17) is 11.6 Å². The average molecular weight is 339 g/mol. The van der Waals surface area contributed by atoms with E-state index in [1.54, 1.807) is 0 Å². The largest absolute Gasteiger partial charge is 0.465 e. The molecule has 9 heteroatoms. The van der Waals surface area contributed by atoms with Gasteiger partial charge in [-0.1, -0.05) is 11.6 Å². The molecule has 2 heterocycles. The van der Waals surface area contributed by atoms with Crippen molar-refractivity contribution in [2.45, 2.75) is 4.90 Å². The molecule has 6 nitrogen and oxygen atoms in total. The lowest BCUT2D eigenvalue weighted by atomic mass is 10.4. The highest BCUT2D eigenvalue weighted by molar-refractivity contribution is 7.89. The van der Waals surface area contributed by atoms with E-state index in [1.807, 2.05) is 11.9 Å². The first-order valence-corrected chi connectivity index (χ1v) is 8.56. The fourth-order valence-electron chi connectivity index (χ4n) is 1.94. The molecule has 1 aromatic heterocycles. The van der Waals surface area contributed by atoms with Gasteiger partial charge >= 0.3 is 5.97 Å². The topological polar surface area (TPSA) is 66.9 Å². The first-order valence-electron chi connectivity index (χ1n) is 5.92. The SMILES string of the molecule is COC(=O)c1sc(Cl)cc1S(=O)(=O)N1CCN(C)CC1. The zero-order valence-corrected chi connectivity index (χ0v) is 13.5. The number of carbonyl (C=O) groups is 1. The van der Waals surface area contributed by atoms with Gasteiger partial charge in [0.25, 0.3) is 0 Å². The predicted molar refractivity (Wildman–Crippen MR) is 76.9 cm³/mol. The van der Waals surface area contributed by atoms with Gasteiger partial charge in [0.2, 0.25) is 10.0 Å². The molecular weight excluding hydrogens is 324 g/mol. The summed E-state index contributed by atoms with van der Waals surface area (Å²) in [5.74, 6) is -0.686. The number of nitrogens with zero attached hydrogens (tertiary/aromatic N) is 2. The van der Waals surface area contributed by atoms with Gasteiger partial charge in [-0.3, -0.25) is 0 Å². The number of ether oxygens (including phenoxy) is 1. The van der Waals surface area contributed by atoms with Crippen LogP contribution in [0.5, 0.6) is 0 Å². The minimum absolute atomic E-state index is 0.0245. The third-order valence-corrected chi connectivity index (χ3v) is 6.41. The van der Waals surface area contributed by atoms with Gasteiger partial charge in [-0.2, -0.15) is 4.31 Å². The summed E-state index contributed by atoms with van der Waals surface area (Å²) in [5.41, 5.74) is 0. The number of methoxy groups -OCH3 is 1. The van der Waals surface area contributed by atoms with Crippen LogP contribution >= 0.6 is 22.9 Å². The van der Waals surface area contributed by atoms with Crippen LogP contribution in [-0.2, 0) is 14.8 Å². The third-order valence-electron chi connectivity index (χ3n) is 3.12. The van der Waals surface area contributed by atoms with Crippen molar-refractivity contribution in [1.29, 1.82) is 0 Å². The van der Waals surface area contributed by atoms with Crippen molar-refractivity contribution in [2.75, 3.05) is 40.3 Å². The van der Waals surface area contributed by atoms with Crippen LogP contribution in [-0.4, -0.2) is 63.9 Å². The molecule has 20 heavy (non-hydrogen) atoms. The Morgan fingerprint density at radius 3 is 2.50 bits per heavy atom. The molecular formula is C11H15ClN2O4S2. The number of rotatable bonds is 3. The maximum absolute atomic E-state index is 12.6. The van der Waals surface area contributed by atoms with Crippen molar-refractivity contribution >= 4 is 38.9 Å². The van der Waals surface area contributed by atoms with Crippen molar-refractivity contribution in [2.24, 2.45) is 0 Å². The van der Waals surface area contributed by atoms with Crippen molar-refractivity contribution in [1.82, 2.24) is 9.21 Å². The molecule has 0 amide bonds. The van der Waals surface area contributed by atoms with Gasteiger partial charge in [0.1, 0.15) is 9.77 Å². The molecule has 0 atom stereocenters. The third kappa shape index (κ3) is 2.99. The molecule has 2 rings (SSSR count). The van der Waals surface area contributed by atoms with Crippen LogP contribution in [0.2, 0.25) is 4.34 Å². The number of piperazine rings is 1. The number of esters is 1. The Labute approximate surface area is 126 Å². The fourth-order valence-corrected chi connectivity index (χ4v) is 5.07. The number of hydrogen-bond donors (Lipinski definition) is 0. The highest BCUT2D eigenvalue weighted by Gasteiger charge is 2.33. The Bertz CT molecular complexity index is 606. The number of likely N-dealkylation sites (N-methyl/N-ethyl adjacent to an activating group) is 1. The van der Waals surface area contributed by atoms with Crippen LogP contribution in [0.4, 0.5) is 0 Å². The van der Waals surface area contributed by atoms with Crippen LogP contribution in [0.25, 0.3) is 0 Å². The second-order valence-electron chi connectivity index (χ2n) is 4.44. The Morgan fingerprint density at radius 2 is 1.95 bits per heavy atom. The van der Waals surface area contributed by atoms with E-state index in [0.717, 1.165) is 11.3 Å². The number of hydrogen-bond acceptors (Lipinski definition) is 6. The Morgan fingerprint density at radius 1 is 1.35 bits per heavy atom. The molecule has 1 fully saturated rings. The standard InChI is InChI=1S/C11H15ClN2O4S2/c1-13-3-5-14(6-4-13)20(16,17)8-7-9(12)19-10(8)11(15)18-2/h7H,3-6H2,1-2H3. The van der Waals surface area contributed by atoms with E-state index in [9.17, 15) is 13.2 Å². The highest BCUT2D eigenvalue weighted by atomic mass is 35.5. The molecule has 0 saturated carbocycles. The Hall–Kier alpha value is -0.670. The second-order valence-corrected chi connectivity index (χ2v) is 8.03. The summed E-state index contributed by atoms with van der Waals surface area (Å²) in [6.07, 6.45) is 0. The summed E-state index contributed by atoms with van der Waals surface area (Å²) in [6, 6.07) is 1.31. The molecule has 0 radical (unpaired) electrons. The van der Waals surface area contributed by atoms with Crippen LogP contribution in [0.15, 0.2) is 11.0 Å². The predicted octanol–water partition coefficient (Wildman–Crippen LogP) is 1.12. The fraction of sp³-hybridized carbons (Fsp3) is 0.545. The average Bonchev–Trinajstić information content (AvgIpc) is 2.81. The summed E-state index contributed by atoms with van der Waals surface area (Å²) in [5, 5.41) is 0. The molecule has 1 aromatic rings. The molecule has 0 N–H and O–H groups in total. The van der Waals surface area contributed by atoms with Crippen molar-refractivity contribution < 1.29 is 17.9 Å². The molecule has 1 aliphatic heterocycles. The van der Waals surface area contributed by atoms with E-state index in [-0.39, 0.29) is 14.1 Å². The maximum atomic E-state index is 12.6. The van der Waals surface area contributed by atoms with E-state index < -0.39 is 16.0 Å². The summed E-state index contributed by atoms with van der Waals surface area (Å²) in [6.45, 7) is 2.11. The molecule has 1 aliphatic rings. The first-order chi connectivity index (χ1) is 9.36. The molecule has 0 aromatic carbocycles. The lowest BCUT2D eigenvalue weighted by Gasteiger charge is -2.31. The van der Waals surface area contributed by atoms with Gasteiger partial charge < -0.3 is 9.64 Å². The molecule has 0 bridgehead atoms. The number of sulfonamides is 1. The van der Waals surface area contributed by atoms with Crippen molar-refractivity contribution in [3.05, 3.63) is 15.3 Å². The zero-order chi connectivity index (χ0) is 14.9. The van der Waals surface area contributed by atoms with Gasteiger partial charge in [0.15, 0.2) is 0 Å². The maximum Gasteiger partial charge on any atom is 0.349 e. The molecule has 0 aliphatic carbocycles. The van der Waals surface area contributed by atoms with Crippen molar-refractivity contribution in [3.8, 4) is 0 Å². The summed E-state index contributed by atoms with van der Waals surface area (Å²) >= 11 is 6.77. The van der Waals surface area contributed by atoms with E-state index in [0.29, 0.717) is 26.2 Å². The van der Waals surface area contributed by atoms with E-state index in [2.05, 4.69) is 4.74 Å². The molecule has 112 valence electrons. The summed E-state index contributed by atoms with van der Waals surface area (Å²) < 4.78 is 31.4. The summed E-state index contributed by atoms with van der Waals surface area (Å²) in [7, 11) is -0.572. The minimum atomic E-state index is -3.72. The van der Waals surface area contributed by atoms with Crippen LogP contribution < -0.4 is 0 Å².